The summed E-state index contributed by atoms with van der Waals surface area (Å²) in [6, 6.07) is 20.0. The second kappa shape index (κ2) is 17.8. The smallest absolute Gasteiger partial charge is 0.338 e. The fourth-order valence-corrected chi connectivity index (χ4v) is 8.57. The molecule has 0 aliphatic heterocycles. The molecule has 1 N–H and O–H groups in total. The number of carbonyl (C=O) groups excluding carboxylic acids is 3. The highest BCUT2D eigenvalue weighted by atomic mass is 28.4. The first-order valence-corrected chi connectivity index (χ1v) is 22.0. The zero-order chi connectivity index (χ0) is 34.5. The van der Waals surface area contributed by atoms with Gasteiger partial charge in [0.25, 0.3) is 0 Å². The number of benzene rings is 2. The Morgan fingerprint density at radius 3 is 1.83 bits per heavy atom. The van der Waals surface area contributed by atoms with Crippen molar-refractivity contribution in [3.05, 3.63) is 71.8 Å². The molecule has 0 heterocycles. The molecule has 0 radical (unpaired) electrons. The van der Waals surface area contributed by atoms with Crippen molar-refractivity contribution in [2.45, 2.75) is 116 Å². The highest BCUT2D eigenvalue weighted by molar-refractivity contribution is 6.87. The Hall–Kier alpha value is -3.04. The van der Waals surface area contributed by atoms with E-state index in [1.807, 2.05) is 40.8 Å². The van der Waals surface area contributed by atoms with E-state index < -0.39 is 59.0 Å². The van der Waals surface area contributed by atoms with E-state index in [-0.39, 0.29) is 22.9 Å². The van der Waals surface area contributed by atoms with Crippen LogP contribution in [0.15, 0.2) is 60.7 Å². The molecule has 0 unspecified atom stereocenters. The van der Waals surface area contributed by atoms with Crippen molar-refractivity contribution in [1.29, 1.82) is 0 Å². The maximum absolute atomic E-state index is 14.3. The van der Waals surface area contributed by atoms with Gasteiger partial charge in [-0.1, -0.05) is 84.9 Å². The normalized spacial score (nSPS) is 14.7. The summed E-state index contributed by atoms with van der Waals surface area (Å²) in [7, 11) is -4.21. The van der Waals surface area contributed by atoms with E-state index in [4.69, 9.17) is 13.9 Å². The van der Waals surface area contributed by atoms with Crippen molar-refractivity contribution < 1.29 is 33.4 Å². The summed E-state index contributed by atoms with van der Waals surface area (Å²) < 4.78 is 17.8. The molecule has 0 aromatic heterocycles. The van der Waals surface area contributed by atoms with Crippen LogP contribution in [-0.2, 0) is 18.7 Å². The van der Waals surface area contributed by atoms with Gasteiger partial charge in [-0.2, -0.15) is 0 Å². The predicted molar refractivity (Wildman–Crippen MR) is 189 cm³/mol. The molecule has 46 heavy (non-hydrogen) atoms. The topological polar surface area (TPSA) is 99.1 Å². The zero-order valence-electron chi connectivity index (χ0n) is 29.2. The summed E-state index contributed by atoms with van der Waals surface area (Å²) in [5.74, 6) is 1.34. The van der Waals surface area contributed by atoms with E-state index in [0.29, 0.717) is 12.0 Å². The lowest BCUT2D eigenvalue weighted by atomic mass is 9.94. The number of ether oxygens (including phenoxy) is 2. The molecule has 0 saturated heterocycles. The number of esters is 2. The average Bonchev–Trinajstić information content (AvgIpc) is 3.03. The summed E-state index contributed by atoms with van der Waals surface area (Å²) in [6.45, 7) is 18.3. The van der Waals surface area contributed by atoms with Crippen molar-refractivity contribution in [3.63, 3.8) is 0 Å². The second-order valence-corrected chi connectivity index (χ2v) is 23.4. The van der Waals surface area contributed by atoms with Gasteiger partial charge in [-0.15, -0.1) is 11.5 Å². The maximum atomic E-state index is 14.3. The molecule has 9 heteroatoms. The number of rotatable bonds is 16. The Bertz CT molecular complexity index is 1310. The third-order valence-corrected chi connectivity index (χ3v) is 18.5. The van der Waals surface area contributed by atoms with Gasteiger partial charge in [0, 0.05) is 6.42 Å². The molecule has 0 fully saturated rings. The van der Waals surface area contributed by atoms with Gasteiger partial charge in [0.2, 0.25) is 5.78 Å². The second-order valence-electron chi connectivity index (χ2n) is 13.7. The maximum Gasteiger partial charge on any atom is 0.338 e. The Morgan fingerprint density at radius 2 is 1.35 bits per heavy atom. The Morgan fingerprint density at radius 1 is 0.848 bits per heavy atom. The van der Waals surface area contributed by atoms with Gasteiger partial charge in [0.05, 0.1) is 17.2 Å². The molecule has 2 aromatic carbocycles. The fraction of sp³-hybridized carbons (Fsp3) is 0.541. The van der Waals surface area contributed by atoms with Gasteiger partial charge in [-0.25, -0.2) is 9.59 Å². The summed E-state index contributed by atoms with van der Waals surface area (Å²) in [5.41, 5.74) is 4.15. The van der Waals surface area contributed by atoms with Crippen molar-refractivity contribution in [2.24, 2.45) is 5.92 Å². The number of aliphatic hydroxyl groups excluding tert-OH is 1. The standard InChI is InChI=1S/C37H54O7Si2/c1-10-46(11-2,12-3)25-19-20-28(4)26-31(38)34(44-45(8,9)37(5,6)7)33(39)32(43-36(41)30-23-17-14-18-24-30)27-42-35(40)29-21-15-13-16-22-29/h13-18,21-24,28,31-32,34,38H,10-12,20,26-27H2,1-9H3/t28-,31-,32+,34-/m0/s1. The van der Waals surface area contributed by atoms with Crippen LogP contribution in [0.2, 0.25) is 36.3 Å². The van der Waals surface area contributed by atoms with Gasteiger partial charge in [0.1, 0.15) is 20.8 Å². The van der Waals surface area contributed by atoms with Crippen LogP contribution in [0.5, 0.6) is 0 Å². The van der Waals surface area contributed by atoms with Crippen molar-refractivity contribution in [2.75, 3.05) is 6.61 Å². The highest BCUT2D eigenvalue weighted by Gasteiger charge is 2.45. The van der Waals surface area contributed by atoms with Gasteiger partial charge in [0.15, 0.2) is 14.4 Å². The molecule has 0 amide bonds. The molecule has 2 rings (SSSR count). The third-order valence-electron chi connectivity index (χ3n) is 9.29. The largest absolute Gasteiger partial charge is 0.458 e. The van der Waals surface area contributed by atoms with Crippen LogP contribution < -0.4 is 0 Å². The molecular formula is C37H54O7Si2. The number of hydrogen-bond acceptors (Lipinski definition) is 7. The third kappa shape index (κ3) is 11.3. The van der Waals surface area contributed by atoms with Crippen LogP contribution >= 0.6 is 0 Å². The van der Waals surface area contributed by atoms with E-state index >= 15 is 0 Å². The van der Waals surface area contributed by atoms with Gasteiger partial charge >= 0.3 is 11.9 Å². The minimum absolute atomic E-state index is 0.0145. The van der Waals surface area contributed by atoms with Crippen molar-refractivity contribution in [1.82, 2.24) is 0 Å². The summed E-state index contributed by atoms with van der Waals surface area (Å²) in [4.78, 5) is 40.3. The molecule has 0 saturated carbocycles. The highest BCUT2D eigenvalue weighted by Crippen LogP contribution is 2.38. The molecular weight excluding hydrogens is 613 g/mol. The number of hydrogen-bond donors (Lipinski definition) is 1. The molecule has 0 bridgehead atoms. The van der Waals surface area contributed by atoms with Gasteiger partial charge in [-0.3, -0.25) is 4.79 Å². The molecule has 0 aliphatic carbocycles. The number of ketones is 1. The quantitative estimate of drug-likeness (QED) is 0.111. The van der Waals surface area contributed by atoms with E-state index in [0.717, 1.165) is 18.1 Å². The monoisotopic (exact) mass is 666 g/mol. The van der Waals surface area contributed by atoms with Gasteiger partial charge in [-0.05, 0) is 72.9 Å². The Balaban J connectivity index is 2.40. The van der Waals surface area contributed by atoms with E-state index in [9.17, 15) is 19.5 Å². The van der Waals surface area contributed by atoms with Crippen LogP contribution in [-0.4, -0.2) is 64.1 Å². The number of carbonyl (C=O) groups is 3. The summed E-state index contributed by atoms with van der Waals surface area (Å²) in [6.07, 6.45) is -3.12. The van der Waals surface area contributed by atoms with Crippen LogP contribution in [0.25, 0.3) is 0 Å². The Labute approximate surface area is 278 Å². The van der Waals surface area contributed by atoms with E-state index in [2.05, 4.69) is 32.2 Å². The molecule has 7 nitrogen and oxygen atoms in total. The van der Waals surface area contributed by atoms with Crippen LogP contribution in [0.3, 0.4) is 0 Å². The number of Topliss-reactive ketones (excluding diaryl/α,β-unsaturated/α-hetero) is 1. The minimum Gasteiger partial charge on any atom is -0.458 e. The van der Waals surface area contributed by atoms with Crippen LogP contribution in [0.1, 0.15) is 82.0 Å². The lowest BCUT2D eigenvalue weighted by molar-refractivity contribution is -0.143. The van der Waals surface area contributed by atoms with E-state index in [1.54, 1.807) is 60.7 Å². The minimum atomic E-state index is -2.61. The average molecular weight is 667 g/mol. The van der Waals surface area contributed by atoms with Crippen LogP contribution in [0.4, 0.5) is 0 Å². The van der Waals surface area contributed by atoms with E-state index in [1.165, 1.54) is 0 Å². The lowest BCUT2D eigenvalue weighted by Gasteiger charge is -2.40. The molecule has 0 spiro atoms. The molecule has 252 valence electrons. The first-order valence-electron chi connectivity index (χ1n) is 16.5. The SMILES string of the molecule is CC[Si](C#CC[C@H](C)C[C@H](O)[C@H](O[Si](C)(C)C(C)(C)C)C(=O)[C@@H](COC(=O)c1ccccc1)OC(=O)c1ccccc1)(CC)CC. The van der Waals surface area contributed by atoms with Crippen molar-refractivity contribution in [3.8, 4) is 11.5 Å². The lowest BCUT2D eigenvalue weighted by Crippen LogP contribution is -2.53. The molecule has 0 aliphatic rings. The zero-order valence-corrected chi connectivity index (χ0v) is 31.2. The van der Waals surface area contributed by atoms with Crippen molar-refractivity contribution >= 4 is 34.1 Å². The first kappa shape index (κ1) is 39.1. The predicted octanol–water partition coefficient (Wildman–Crippen LogP) is 7.86. The first-order chi connectivity index (χ1) is 21.6. The van der Waals surface area contributed by atoms with Crippen LogP contribution in [0, 0.1) is 17.4 Å². The number of aliphatic hydroxyl groups is 1. The molecule has 2 aromatic rings. The fourth-order valence-electron chi connectivity index (χ4n) is 4.81. The Kier molecular flexibility index (Phi) is 15.1. The summed E-state index contributed by atoms with van der Waals surface area (Å²) in [5, 5.41) is 11.3. The molecule has 4 atom stereocenters. The summed E-state index contributed by atoms with van der Waals surface area (Å²) >= 11 is 0. The van der Waals surface area contributed by atoms with Gasteiger partial charge < -0.3 is 19.0 Å².